The first-order valence-electron chi connectivity index (χ1n) is 23.7. The van der Waals surface area contributed by atoms with Gasteiger partial charge in [-0.25, -0.2) is 4.79 Å². The zero-order valence-corrected chi connectivity index (χ0v) is 37.5. The van der Waals surface area contributed by atoms with Gasteiger partial charge in [0.15, 0.2) is 6.10 Å². The Hall–Kier alpha value is -3.43. The van der Waals surface area contributed by atoms with Crippen molar-refractivity contribution in [3.8, 4) is 5.75 Å². The van der Waals surface area contributed by atoms with Crippen LogP contribution < -0.4 is 4.74 Å². The van der Waals surface area contributed by atoms with E-state index in [-0.39, 0.29) is 49.5 Å². The Bertz CT molecular complexity index is 1180. The molecule has 0 spiro atoms. The lowest BCUT2D eigenvalue weighted by Crippen LogP contribution is -2.30. The van der Waals surface area contributed by atoms with Crippen LogP contribution >= 0.6 is 0 Å². The smallest absolute Gasteiger partial charge is 0.341 e. The molecule has 0 radical (unpaired) electrons. The number of unbranched alkanes of at least 4 members (excludes halogenated alkanes) is 25. The van der Waals surface area contributed by atoms with E-state index in [1.54, 1.807) is 12.1 Å². The van der Waals surface area contributed by atoms with Gasteiger partial charge in [0.2, 0.25) is 0 Å². The summed E-state index contributed by atoms with van der Waals surface area (Å²) in [6.45, 7) is 5.43. The standard InChI is InChI=1S/C49H82O10/c1-4-6-8-10-12-14-16-18-20-22-24-26-28-36-46(51)56-40-43(41-57-47(52)37-29-27-25-23-21-19-17-15-13-11-9-7-5-2)59-48(53)38-32-33-39-55-49(54)44-34-30-31-35-45(44)58-42(3)50/h30-31,34-35,43H,4-29,32-33,36-41H2,1-3H3. The second kappa shape index (κ2) is 38.8. The molecule has 0 amide bonds. The fourth-order valence-electron chi connectivity index (χ4n) is 6.94. The first-order valence-corrected chi connectivity index (χ1v) is 23.7. The number of rotatable bonds is 40. The highest BCUT2D eigenvalue weighted by Crippen LogP contribution is 2.20. The van der Waals surface area contributed by atoms with Crippen molar-refractivity contribution in [2.45, 2.75) is 226 Å². The predicted molar refractivity (Wildman–Crippen MR) is 234 cm³/mol. The van der Waals surface area contributed by atoms with Crippen LogP contribution in [0.5, 0.6) is 5.75 Å². The fourth-order valence-corrected chi connectivity index (χ4v) is 6.94. The van der Waals surface area contributed by atoms with Gasteiger partial charge in [-0.15, -0.1) is 0 Å². The quantitative estimate of drug-likeness (QED) is 0.0272. The minimum absolute atomic E-state index is 0.0396. The highest BCUT2D eigenvalue weighted by molar-refractivity contribution is 5.93. The van der Waals surface area contributed by atoms with Crippen LogP contribution in [0.1, 0.15) is 230 Å². The molecule has 0 aliphatic carbocycles. The van der Waals surface area contributed by atoms with Crippen molar-refractivity contribution < 1.29 is 47.7 Å². The first kappa shape index (κ1) is 53.6. The molecule has 59 heavy (non-hydrogen) atoms. The molecule has 0 bridgehead atoms. The molecule has 0 aliphatic rings. The summed E-state index contributed by atoms with van der Waals surface area (Å²) in [7, 11) is 0. The Morgan fingerprint density at radius 2 is 0.831 bits per heavy atom. The van der Waals surface area contributed by atoms with E-state index in [1.165, 1.54) is 147 Å². The molecule has 0 saturated carbocycles. The number of ether oxygens (including phenoxy) is 5. The van der Waals surface area contributed by atoms with Crippen LogP contribution in [0.15, 0.2) is 24.3 Å². The molecule has 0 atom stereocenters. The van der Waals surface area contributed by atoms with Gasteiger partial charge in [-0.1, -0.05) is 180 Å². The second-order valence-electron chi connectivity index (χ2n) is 16.1. The minimum atomic E-state index is -0.913. The summed E-state index contributed by atoms with van der Waals surface area (Å²) < 4.78 is 26.9. The maximum absolute atomic E-state index is 12.8. The molecule has 10 nitrogen and oxygen atoms in total. The molecule has 1 aromatic carbocycles. The molecule has 338 valence electrons. The molecular weight excluding hydrogens is 749 g/mol. The average Bonchev–Trinajstić information content (AvgIpc) is 3.22. The Morgan fingerprint density at radius 3 is 1.25 bits per heavy atom. The van der Waals surface area contributed by atoms with Gasteiger partial charge in [0, 0.05) is 26.2 Å². The third kappa shape index (κ3) is 33.0. The van der Waals surface area contributed by atoms with E-state index in [2.05, 4.69) is 13.8 Å². The monoisotopic (exact) mass is 831 g/mol. The van der Waals surface area contributed by atoms with Crippen molar-refractivity contribution in [3.63, 3.8) is 0 Å². The van der Waals surface area contributed by atoms with Crippen molar-refractivity contribution >= 4 is 29.8 Å². The van der Waals surface area contributed by atoms with E-state index >= 15 is 0 Å². The highest BCUT2D eigenvalue weighted by Gasteiger charge is 2.20. The predicted octanol–water partition coefficient (Wildman–Crippen LogP) is 12.9. The van der Waals surface area contributed by atoms with Crippen molar-refractivity contribution in [1.29, 1.82) is 0 Å². The van der Waals surface area contributed by atoms with Crippen LogP contribution in [0.2, 0.25) is 0 Å². The number of esters is 5. The van der Waals surface area contributed by atoms with Crippen molar-refractivity contribution in [3.05, 3.63) is 29.8 Å². The molecule has 0 fully saturated rings. The molecule has 0 aliphatic heterocycles. The molecule has 0 saturated heterocycles. The number of carbonyl (C=O) groups is 5. The third-order valence-electron chi connectivity index (χ3n) is 10.5. The van der Waals surface area contributed by atoms with E-state index in [9.17, 15) is 24.0 Å². The summed E-state index contributed by atoms with van der Waals surface area (Å²) >= 11 is 0. The molecular formula is C49H82O10. The normalized spacial score (nSPS) is 11.1. The van der Waals surface area contributed by atoms with Crippen LogP contribution in [0.25, 0.3) is 0 Å². The largest absolute Gasteiger partial charge is 0.462 e. The summed E-state index contributed by atoms with van der Waals surface area (Å²) in [5, 5.41) is 0. The second-order valence-corrected chi connectivity index (χ2v) is 16.1. The van der Waals surface area contributed by atoms with Crippen LogP contribution in [0.4, 0.5) is 0 Å². The van der Waals surface area contributed by atoms with E-state index < -0.39 is 24.0 Å². The van der Waals surface area contributed by atoms with Gasteiger partial charge in [-0.3, -0.25) is 19.2 Å². The summed E-state index contributed by atoms with van der Waals surface area (Å²) in [4.78, 5) is 61.8. The number of hydrogen-bond donors (Lipinski definition) is 0. The number of hydrogen-bond acceptors (Lipinski definition) is 10. The van der Waals surface area contributed by atoms with Crippen LogP contribution in [0, 0.1) is 0 Å². The van der Waals surface area contributed by atoms with E-state index in [1.807, 2.05) is 0 Å². The first-order chi connectivity index (χ1) is 28.8. The minimum Gasteiger partial charge on any atom is -0.462 e. The maximum atomic E-state index is 12.8. The molecule has 1 aromatic rings. The number of benzene rings is 1. The molecule has 0 N–H and O–H groups in total. The summed E-state index contributed by atoms with van der Waals surface area (Å²) in [6, 6.07) is 6.32. The van der Waals surface area contributed by atoms with E-state index in [0.717, 1.165) is 38.5 Å². The zero-order chi connectivity index (χ0) is 43.0. The van der Waals surface area contributed by atoms with Gasteiger partial charge in [0.05, 0.1) is 6.61 Å². The van der Waals surface area contributed by atoms with Crippen molar-refractivity contribution in [1.82, 2.24) is 0 Å². The van der Waals surface area contributed by atoms with Crippen LogP contribution in [-0.2, 0) is 38.1 Å². The molecule has 1 rings (SSSR count). The van der Waals surface area contributed by atoms with E-state index in [0.29, 0.717) is 25.7 Å². The maximum Gasteiger partial charge on any atom is 0.341 e. The summed E-state index contributed by atoms with van der Waals surface area (Å²) in [5.74, 6) is -2.30. The van der Waals surface area contributed by atoms with Gasteiger partial charge >= 0.3 is 29.8 Å². The molecule has 0 heterocycles. The van der Waals surface area contributed by atoms with Gasteiger partial charge in [-0.2, -0.15) is 0 Å². The fraction of sp³-hybridized carbons (Fsp3) is 0.776. The van der Waals surface area contributed by atoms with Crippen molar-refractivity contribution in [2.24, 2.45) is 0 Å². The Labute approximate surface area is 357 Å². The van der Waals surface area contributed by atoms with Gasteiger partial charge in [-0.05, 0) is 37.8 Å². The molecule has 10 heteroatoms. The Kier molecular flexibility index (Phi) is 35.2. The van der Waals surface area contributed by atoms with Gasteiger partial charge in [0.1, 0.15) is 24.5 Å². The summed E-state index contributed by atoms with van der Waals surface area (Å²) in [6.07, 6.45) is 32.2. The van der Waals surface area contributed by atoms with Crippen LogP contribution in [-0.4, -0.2) is 55.8 Å². The third-order valence-corrected chi connectivity index (χ3v) is 10.5. The zero-order valence-electron chi connectivity index (χ0n) is 37.5. The lowest BCUT2D eigenvalue weighted by molar-refractivity contribution is -0.167. The summed E-state index contributed by atoms with van der Waals surface area (Å²) in [5.41, 5.74) is 0.136. The van der Waals surface area contributed by atoms with Crippen molar-refractivity contribution in [2.75, 3.05) is 19.8 Å². The Balaban J connectivity index is 2.40. The average molecular weight is 831 g/mol. The Morgan fingerprint density at radius 1 is 0.458 bits per heavy atom. The lowest BCUT2D eigenvalue weighted by Gasteiger charge is -2.18. The lowest BCUT2D eigenvalue weighted by atomic mass is 10.0. The van der Waals surface area contributed by atoms with E-state index in [4.69, 9.17) is 23.7 Å². The molecule has 0 unspecified atom stereocenters. The topological polar surface area (TPSA) is 132 Å². The highest BCUT2D eigenvalue weighted by atomic mass is 16.6. The van der Waals surface area contributed by atoms with Gasteiger partial charge < -0.3 is 23.7 Å². The SMILES string of the molecule is CCCCCCCCCCCCCCCC(=O)OCC(COC(=O)CCCCCCCCCCCCCCC)OC(=O)CCCCOC(=O)c1ccccc1OC(C)=O. The van der Waals surface area contributed by atoms with Gasteiger partial charge in [0.25, 0.3) is 0 Å². The molecule has 0 aromatic heterocycles. The van der Waals surface area contributed by atoms with Crippen LogP contribution in [0.3, 0.4) is 0 Å². The number of carbonyl (C=O) groups excluding carboxylic acids is 5. The number of para-hydroxylation sites is 1.